The molecule has 0 aromatic carbocycles. The van der Waals surface area contributed by atoms with Crippen LogP contribution in [0.2, 0.25) is 0 Å². The van der Waals surface area contributed by atoms with E-state index in [1.807, 2.05) is 13.8 Å². The molecule has 2 heterocycles. The highest BCUT2D eigenvalue weighted by Gasteiger charge is 2.50. The molecule has 0 radical (unpaired) electrons. The van der Waals surface area contributed by atoms with Gasteiger partial charge in [-0.15, -0.1) is 0 Å². The van der Waals surface area contributed by atoms with Crippen molar-refractivity contribution in [2.24, 2.45) is 11.8 Å². The third-order valence-corrected chi connectivity index (χ3v) is 4.29. The average Bonchev–Trinajstić information content (AvgIpc) is 2.74. The van der Waals surface area contributed by atoms with Crippen molar-refractivity contribution in [3.05, 3.63) is 0 Å². The van der Waals surface area contributed by atoms with Crippen molar-refractivity contribution in [3.63, 3.8) is 0 Å². The maximum atomic E-state index is 11.9. The van der Waals surface area contributed by atoms with Crippen LogP contribution in [0.3, 0.4) is 0 Å². The number of carbonyl (C=O) groups excluding carboxylic acids is 1. The smallest absolute Gasteiger partial charge is 0.223 e. The van der Waals surface area contributed by atoms with E-state index < -0.39 is 24.1 Å². The molecule has 2 saturated heterocycles. The van der Waals surface area contributed by atoms with Gasteiger partial charge in [-0.1, -0.05) is 13.8 Å². The first-order valence-electron chi connectivity index (χ1n) is 6.93. The zero-order chi connectivity index (χ0) is 15.1. The van der Waals surface area contributed by atoms with Gasteiger partial charge in [0, 0.05) is 13.0 Å². The van der Waals surface area contributed by atoms with Crippen molar-refractivity contribution in [1.29, 1.82) is 0 Å². The second-order valence-corrected chi connectivity index (χ2v) is 6.14. The molecule has 7 nitrogen and oxygen atoms in total. The van der Waals surface area contributed by atoms with Crippen LogP contribution in [0.15, 0.2) is 0 Å². The Morgan fingerprint density at radius 2 is 2.05 bits per heavy atom. The Labute approximate surface area is 117 Å². The number of likely N-dealkylation sites (tertiary alicyclic amines) is 1. The summed E-state index contributed by atoms with van der Waals surface area (Å²) in [7, 11) is 0. The molecule has 7 heteroatoms. The lowest BCUT2D eigenvalue weighted by Gasteiger charge is -2.43. The Bertz CT molecular complexity index is 376. The molecule has 0 bridgehead atoms. The van der Waals surface area contributed by atoms with Crippen LogP contribution in [-0.4, -0.2) is 75.0 Å². The van der Waals surface area contributed by atoms with Crippen LogP contribution in [-0.2, 0) is 9.53 Å². The minimum absolute atomic E-state index is 0.103. The highest BCUT2D eigenvalue weighted by atomic mass is 16.6. The summed E-state index contributed by atoms with van der Waals surface area (Å²) in [6.07, 6.45) is -3.98. The fraction of sp³-hybridized carbons (Fsp3) is 0.923. The van der Waals surface area contributed by atoms with E-state index in [0.29, 0.717) is 18.9 Å². The SMILES string of the molecule is CC(C)[C@H]1CC(=O)N(C[C@]2(O)OC[C@@H](O)[C@H](O)[C@@H]2O)C1. The van der Waals surface area contributed by atoms with Crippen molar-refractivity contribution in [2.45, 2.75) is 44.4 Å². The fourth-order valence-electron chi connectivity index (χ4n) is 2.71. The number of aliphatic hydroxyl groups is 4. The fourth-order valence-corrected chi connectivity index (χ4v) is 2.71. The predicted molar refractivity (Wildman–Crippen MR) is 68.4 cm³/mol. The second kappa shape index (κ2) is 5.57. The Hall–Kier alpha value is -0.730. The molecule has 0 saturated carbocycles. The number of hydrogen-bond donors (Lipinski definition) is 4. The van der Waals surface area contributed by atoms with E-state index in [9.17, 15) is 25.2 Å². The summed E-state index contributed by atoms with van der Waals surface area (Å²) in [6, 6.07) is 0. The lowest BCUT2D eigenvalue weighted by molar-refractivity contribution is -0.323. The van der Waals surface area contributed by atoms with Gasteiger partial charge in [0.15, 0.2) is 0 Å². The van der Waals surface area contributed by atoms with Crippen molar-refractivity contribution in [2.75, 3.05) is 19.7 Å². The van der Waals surface area contributed by atoms with E-state index >= 15 is 0 Å². The van der Waals surface area contributed by atoms with Gasteiger partial charge >= 0.3 is 0 Å². The molecule has 116 valence electrons. The normalized spacial score (nSPS) is 42.5. The summed E-state index contributed by atoms with van der Waals surface area (Å²) in [6.45, 7) is 4.06. The van der Waals surface area contributed by atoms with Crippen molar-refractivity contribution < 1.29 is 30.0 Å². The van der Waals surface area contributed by atoms with Gasteiger partial charge in [0.2, 0.25) is 11.7 Å². The molecule has 0 aromatic heterocycles. The maximum absolute atomic E-state index is 11.9. The largest absolute Gasteiger partial charge is 0.388 e. The molecule has 20 heavy (non-hydrogen) atoms. The van der Waals surface area contributed by atoms with Gasteiger partial charge in [0.25, 0.3) is 0 Å². The number of β-amino-alcohol motifs (C(OH)–C–C–N with tert-alkyl or cyclic N) is 1. The summed E-state index contributed by atoms with van der Waals surface area (Å²) in [4.78, 5) is 13.4. The molecular formula is C13H23NO6. The molecule has 0 aliphatic carbocycles. The van der Waals surface area contributed by atoms with Gasteiger partial charge in [-0.25, -0.2) is 0 Å². The topological polar surface area (TPSA) is 110 Å². The van der Waals surface area contributed by atoms with Crippen molar-refractivity contribution in [1.82, 2.24) is 4.90 Å². The maximum Gasteiger partial charge on any atom is 0.223 e. The number of rotatable bonds is 3. The van der Waals surface area contributed by atoms with Gasteiger partial charge in [0.05, 0.1) is 13.2 Å². The monoisotopic (exact) mass is 289 g/mol. The van der Waals surface area contributed by atoms with Gasteiger partial charge < -0.3 is 30.1 Å². The van der Waals surface area contributed by atoms with Crippen molar-refractivity contribution in [3.8, 4) is 0 Å². The average molecular weight is 289 g/mol. The Kier molecular flexibility index (Phi) is 4.36. The summed E-state index contributed by atoms with van der Waals surface area (Å²) in [5.41, 5.74) is 0. The third-order valence-electron chi connectivity index (χ3n) is 4.29. The van der Waals surface area contributed by atoms with E-state index in [1.165, 1.54) is 4.90 Å². The van der Waals surface area contributed by atoms with Crippen LogP contribution in [0.1, 0.15) is 20.3 Å². The van der Waals surface area contributed by atoms with E-state index in [-0.39, 0.29) is 25.0 Å². The predicted octanol–water partition coefficient (Wildman–Crippen LogP) is -1.71. The molecule has 2 rings (SSSR count). The standard InChI is InChI=1S/C13H23NO6/c1-7(2)8-3-10(16)14(4-8)6-13(19)12(18)11(17)9(15)5-20-13/h7-9,11-12,15,17-19H,3-6H2,1-2H3/t8-,9+,11-,12-,13-/m0/s1. The van der Waals surface area contributed by atoms with Crippen LogP contribution < -0.4 is 0 Å². The van der Waals surface area contributed by atoms with Crippen LogP contribution in [0.5, 0.6) is 0 Å². The number of hydrogen-bond acceptors (Lipinski definition) is 6. The molecular weight excluding hydrogens is 266 g/mol. The first kappa shape index (κ1) is 15.7. The Balaban J connectivity index is 2.04. The Morgan fingerprint density at radius 1 is 1.40 bits per heavy atom. The molecule has 5 atom stereocenters. The van der Waals surface area contributed by atoms with Gasteiger partial charge in [-0.2, -0.15) is 0 Å². The summed E-state index contributed by atoms with van der Waals surface area (Å²) in [5, 5.41) is 39.2. The lowest BCUT2D eigenvalue weighted by Crippen LogP contribution is -2.64. The Morgan fingerprint density at radius 3 is 2.60 bits per heavy atom. The molecule has 2 fully saturated rings. The van der Waals surface area contributed by atoms with Crippen LogP contribution in [0.25, 0.3) is 0 Å². The third kappa shape index (κ3) is 2.82. The lowest BCUT2D eigenvalue weighted by atomic mass is 9.95. The minimum Gasteiger partial charge on any atom is -0.388 e. The zero-order valence-corrected chi connectivity index (χ0v) is 11.8. The second-order valence-electron chi connectivity index (χ2n) is 6.14. The quantitative estimate of drug-likeness (QED) is 0.492. The van der Waals surface area contributed by atoms with Gasteiger partial charge in [-0.05, 0) is 11.8 Å². The van der Waals surface area contributed by atoms with Crippen molar-refractivity contribution >= 4 is 5.91 Å². The highest BCUT2D eigenvalue weighted by molar-refractivity contribution is 5.78. The minimum atomic E-state index is -2.04. The van der Waals surface area contributed by atoms with Gasteiger partial charge in [-0.3, -0.25) is 4.79 Å². The van der Waals surface area contributed by atoms with E-state index in [1.54, 1.807) is 0 Å². The van der Waals surface area contributed by atoms with Crippen LogP contribution in [0, 0.1) is 11.8 Å². The number of ether oxygens (including phenoxy) is 1. The molecule has 0 unspecified atom stereocenters. The number of aliphatic hydroxyl groups excluding tert-OH is 3. The molecule has 0 aromatic rings. The summed E-state index contributed by atoms with van der Waals surface area (Å²) < 4.78 is 5.07. The molecule has 4 N–H and O–H groups in total. The van der Waals surface area contributed by atoms with Gasteiger partial charge in [0.1, 0.15) is 18.3 Å². The number of carbonyl (C=O) groups is 1. The molecule has 1 amide bonds. The first-order chi connectivity index (χ1) is 9.24. The van der Waals surface area contributed by atoms with E-state index in [4.69, 9.17) is 4.74 Å². The molecule has 2 aliphatic heterocycles. The summed E-state index contributed by atoms with van der Waals surface area (Å²) in [5.74, 6) is -1.58. The molecule has 0 spiro atoms. The summed E-state index contributed by atoms with van der Waals surface area (Å²) >= 11 is 0. The van der Waals surface area contributed by atoms with Crippen LogP contribution >= 0.6 is 0 Å². The van der Waals surface area contributed by atoms with E-state index in [2.05, 4.69) is 0 Å². The first-order valence-corrected chi connectivity index (χ1v) is 6.93. The molecule has 2 aliphatic rings. The number of amides is 1. The van der Waals surface area contributed by atoms with Crippen LogP contribution in [0.4, 0.5) is 0 Å². The van der Waals surface area contributed by atoms with E-state index in [0.717, 1.165) is 0 Å². The number of nitrogens with zero attached hydrogens (tertiary/aromatic N) is 1. The highest BCUT2D eigenvalue weighted by Crippen LogP contribution is 2.30. The zero-order valence-electron chi connectivity index (χ0n) is 11.8.